The summed E-state index contributed by atoms with van der Waals surface area (Å²) < 4.78 is 5.44. The van der Waals surface area contributed by atoms with Crippen molar-refractivity contribution in [3.05, 3.63) is 29.3 Å². The van der Waals surface area contributed by atoms with Crippen LogP contribution in [0.1, 0.15) is 50.2 Å². The Balaban J connectivity index is 2.10. The molecule has 1 aromatic carbocycles. The van der Waals surface area contributed by atoms with Crippen molar-refractivity contribution >= 4 is 0 Å². The quantitative estimate of drug-likeness (QED) is 0.879. The Kier molecular flexibility index (Phi) is 4.65. The Hall–Kier alpha value is -1.02. The number of methoxy groups -OCH3 is 1. The maximum atomic E-state index is 5.44. The molecule has 1 aliphatic rings. The maximum absolute atomic E-state index is 5.44. The van der Waals surface area contributed by atoms with E-state index in [4.69, 9.17) is 4.74 Å². The summed E-state index contributed by atoms with van der Waals surface area (Å²) in [5, 5.41) is 3.61. The van der Waals surface area contributed by atoms with Crippen molar-refractivity contribution in [2.75, 3.05) is 13.7 Å². The van der Waals surface area contributed by atoms with Crippen LogP contribution < -0.4 is 10.1 Å². The molecule has 18 heavy (non-hydrogen) atoms. The van der Waals surface area contributed by atoms with Crippen molar-refractivity contribution in [2.24, 2.45) is 0 Å². The minimum absolute atomic E-state index is 0.513. The second kappa shape index (κ2) is 6.24. The van der Waals surface area contributed by atoms with Gasteiger partial charge in [-0.3, -0.25) is 0 Å². The molecule has 0 saturated carbocycles. The number of piperidine rings is 1. The summed E-state index contributed by atoms with van der Waals surface area (Å²) >= 11 is 0. The summed E-state index contributed by atoms with van der Waals surface area (Å²) in [4.78, 5) is 0. The van der Waals surface area contributed by atoms with Gasteiger partial charge in [0.2, 0.25) is 0 Å². The number of rotatable bonds is 4. The maximum Gasteiger partial charge on any atom is 0.122 e. The molecule has 1 aromatic rings. The number of hydrogen-bond donors (Lipinski definition) is 1. The lowest BCUT2D eigenvalue weighted by molar-refractivity contribution is 0.397. The Morgan fingerprint density at radius 3 is 2.78 bits per heavy atom. The Labute approximate surface area is 111 Å². The van der Waals surface area contributed by atoms with Gasteiger partial charge < -0.3 is 10.1 Å². The number of hydrogen-bond acceptors (Lipinski definition) is 2. The van der Waals surface area contributed by atoms with E-state index in [1.54, 1.807) is 7.11 Å². The lowest BCUT2D eigenvalue weighted by atomic mass is 9.94. The molecule has 100 valence electrons. The van der Waals surface area contributed by atoms with Gasteiger partial charge in [0.05, 0.1) is 7.11 Å². The smallest absolute Gasteiger partial charge is 0.122 e. The summed E-state index contributed by atoms with van der Waals surface area (Å²) in [6.45, 7) is 5.62. The van der Waals surface area contributed by atoms with Gasteiger partial charge in [0.1, 0.15) is 5.75 Å². The predicted molar refractivity (Wildman–Crippen MR) is 76.4 cm³/mol. The summed E-state index contributed by atoms with van der Waals surface area (Å²) in [7, 11) is 1.75. The zero-order valence-electron chi connectivity index (χ0n) is 11.8. The third kappa shape index (κ3) is 3.26. The summed E-state index contributed by atoms with van der Waals surface area (Å²) in [6.07, 6.45) is 5.15. The van der Waals surface area contributed by atoms with Crippen LogP contribution in [0.5, 0.6) is 5.75 Å². The second-order valence-corrected chi connectivity index (χ2v) is 5.58. The first-order valence-electron chi connectivity index (χ1n) is 7.11. The van der Waals surface area contributed by atoms with Crippen LogP contribution in [0.3, 0.4) is 0 Å². The molecule has 1 unspecified atom stereocenters. The molecule has 0 spiro atoms. The molecule has 2 heteroatoms. The largest absolute Gasteiger partial charge is 0.496 e. The zero-order chi connectivity index (χ0) is 13.0. The molecule has 1 atom stereocenters. The summed E-state index contributed by atoms with van der Waals surface area (Å²) in [5.74, 6) is 1.53. The van der Waals surface area contributed by atoms with Crippen LogP contribution in [-0.2, 0) is 6.42 Å². The fourth-order valence-corrected chi connectivity index (χ4v) is 2.74. The SMILES string of the molecule is COc1ccc(CC2CCCCN2)cc1C(C)C. The molecule has 2 nitrogen and oxygen atoms in total. The van der Waals surface area contributed by atoms with Crippen LogP contribution in [0, 0.1) is 0 Å². The average molecular weight is 247 g/mol. The van der Waals surface area contributed by atoms with Crippen LogP contribution in [0.4, 0.5) is 0 Å². The van der Waals surface area contributed by atoms with Crippen LogP contribution in [0.25, 0.3) is 0 Å². The van der Waals surface area contributed by atoms with Gasteiger partial charge in [0.25, 0.3) is 0 Å². The van der Waals surface area contributed by atoms with Crippen molar-refractivity contribution in [3.8, 4) is 5.75 Å². The molecular formula is C16H25NO. The van der Waals surface area contributed by atoms with Crippen LogP contribution in [0.15, 0.2) is 18.2 Å². The van der Waals surface area contributed by atoms with Crippen molar-refractivity contribution in [2.45, 2.75) is 51.5 Å². The lowest BCUT2D eigenvalue weighted by Gasteiger charge is -2.24. The van der Waals surface area contributed by atoms with Crippen molar-refractivity contribution in [1.82, 2.24) is 5.32 Å². The predicted octanol–water partition coefficient (Wildman–Crippen LogP) is 3.50. The van der Waals surface area contributed by atoms with Crippen molar-refractivity contribution < 1.29 is 4.74 Å². The molecule has 1 heterocycles. The van der Waals surface area contributed by atoms with Crippen LogP contribution >= 0.6 is 0 Å². The fraction of sp³-hybridized carbons (Fsp3) is 0.625. The Morgan fingerprint density at radius 2 is 2.17 bits per heavy atom. The van der Waals surface area contributed by atoms with Crippen molar-refractivity contribution in [1.29, 1.82) is 0 Å². The highest BCUT2D eigenvalue weighted by atomic mass is 16.5. The number of ether oxygens (including phenoxy) is 1. The Bertz CT molecular complexity index is 381. The number of nitrogens with one attached hydrogen (secondary N) is 1. The summed E-state index contributed by atoms with van der Waals surface area (Å²) in [5.41, 5.74) is 2.75. The normalized spacial score (nSPS) is 20.1. The molecule has 1 fully saturated rings. The zero-order valence-corrected chi connectivity index (χ0v) is 11.8. The highest BCUT2D eigenvalue weighted by Gasteiger charge is 2.14. The van der Waals surface area contributed by atoms with E-state index in [1.807, 2.05) is 0 Å². The first-order chi connectivity index (χ1) is 8.70. The number of benzene rings is 1. The monoisotopic (exact) mass is 247 g/mol. The fourth-order valence-electron chi connectivity index (χ4n) is 2.74. The Morgan fingerprint density at radius 1 is 1.33 bits per heavy atom. The third-order valence-electron chi connectivity index (χ3n) is 3.81. The van der Waals surface area contributed by atoms with E-state index in [0.717, 1.165) is 12.2 Å². The first-order valence-corrected chi connectivity index (χ1v) is 7.11. The lowest BCUT2D eigenvalue weighted by Crippen LogP contribution is -2.35. The van der Waals surface area contributed by atoms with E-state index < -0.39 is 0 Å². The highest BCUT2D eigenvalue weighted by molar-refractivity contribution is 5.39. The van der Waals surface area contributed by atoms with Gasteiger partial charge in [-0.15, -0.1) is 0 Å². The van der Waals surface area contributed by atoms with Gasteiger partial charge in [-0.25, -0.2) is 0 Å². The van der Waals surface area contributed by atoms with Gasteiger partial charge in [-0.05, 0) is 48.9 Å². The molecule has 0 radical (unpaired) electrons. The highest BCUT2D eigenvalue weighted by Crippen LogP contribution is 2.28. The molecule has 0 bridgehead atoms. The molecular weight excluding hydrogens is 222 g/mol. The standard InChI is InChI=1S/C16H25NO/c1-12(2)15-11-13(7-8-16(15)18-3)10-14-6-4-5-9-17-14/h7-8,11-12,14,17H,4-6,9-10H2,1-3H3. The van der Waals surface area contributed by atoms with E-state index in [0.29, 0.717) is 12.0 Å². The van der Waals surface area contributed by atoms with E-state index in [9.17, 15) is 0 Å². The topological polar surface area (TPSA) is 21.3 Å². The van der Waals surface area contributed by atoms with Crippen molar-refractivity contribution in [3.63, 3.8) is 0 Å². The second-order valence-electron chi connectivity index (χ2n) is 5.58. The van der Waals surface area contributed by atoms with E-state index in [2.05, 4.69) is 37.4 Å². The molecule has 0 aromatic heterocycles. The van der Waals surface area contributed by atoms with Gasteiger partial charge in [-0.2, -0.15) is 0 Å². The molecule has 0 amide bonds. The van der Waals surface area contributed by atoms with E-state index in [1.165, 1.54) is 36.9 Å². The van der Waals surface area contributed by atoms with Gasteiger partial charge >= 0.3 is 0 Å². The molecule has 1 N–H and O–H groups in total. The minimum Gasteiger partial charge on any atom is -0.496 e. The average Bonchev–Trinajstić information content (AvgIpc) is 2.40. The van der Waals surface area contributed by atoms with E-state index in [-0.39, 0.29) is 0 Å². The van der Waals surface area contributed by atoms with Gasteiger partial charge in [-0.1, -0.05) is 32.4 Å². The minimum atomic E-state index is 0.513. The molecule has 1 saturated heterocycles. The molecule has 0 aliphatic carbocycles. The van der Waals surface area contributed by atoms with Crippen LogP contribution in [-0.4, -0.2) is 19.7 Å². The van der Waals surface area contributed by atoms with E-state index >= 15 is 0 Å². The molecule has 2 rings (SSSR count). The van der Waals surface area contributed by atoms with Gasteiger partial charge in [0, 0.05) is 6.04 Å². The summed E-state index contributed by atoms with van der Waals surface area (Å²) in [6, 6.07) is 7.31. The van der Waals surface area contributed by atoms with Crippen LogP contribution in [0.2, 0.25) is 0 Å². The van der Waals surface area contributed by atoms with Gasteiger partial charge in [0.15, 0.2) is 0 Å². The third-order valence-corrected chi connectivity index (χ3v) is 3.81. The molecule has 1 aliphatic heterocycles. The first kappa shape index (κ1) is 13.4.